The quantitative estimate of drug-likeness (QED) is 0.625. The van der Waals surface area contributed by atoms with Gasteiger partial charge in [0, 0.05) is 24.0 Å². The van der Waals surface area contributed by atoms with E-state index in [-0.39, 0.29) is 29.6 Å². The molecule has 3 N–H and O–H groups in total. The molecule has 0 saturated carbocycles. The smallest absolute Gasteiger partial charge is 0.272 e. The molecule has 0 unspecified atom stereocenters. The fraction of sp³-hybridized carbons (Fsp3) is 0.200. The van der Waals surface area contributed by atoms with Crippen LogP contribution in [0.25, 0.3) is 10.8 Å². The van der Waals surface area contributed by atoms with Crippen LogP contribution < -0.4 is 16.2 Å². The molecular weight excluding hydrogens is 344 g/mol. The molecule has 0 atom stereocenters. The lowest BCUT2D eigenvalue weighted by Gasteiger charge is -2.09. The summed E-state index contributed by atoms with van der Waals surface area (Å²) < 4.78 is 0. The van der Waals surface area contributed by atoms with Gasteiger partial charge in [0.05, 0.1) is 5.39 Å². The van der Waals surface area contributed by atoms with E-state index < -0.39 is 0 Å². The van der Waals surface area contributed by atoms with Crippen molar-refractivity contribution < 1.29 is 9.59 Å². The Morgan fingerprint density at radius 3 is 2.63 bits per heavy atom. The van der Waals surface area contributed by atoms with Crippen LogP contribution >= 0.6 is 0 Å². The van der Waals surface area contributed by atoms with Gasteiger partial charge in [-0.25, -0.2) is 5.10 Å². The number of carbonyl (C=O) groups is 2. The minimum atomic E-state index is -0.386. The highest BCUT2D eigenvalue weighted by atomic mass is 16.2. The average molecular weight is 364 g/mol. The van der Waals surface area contributed by atoms with Crippen LogP contribution in [0.4, 0.5) is 5.69 Å². The number of aromatic nitrogens is 2. The maximum atomic E-state index is 12.5. The molecule has 3 rings (SSSR count). The van der Waals surface area contributed by atoms with Crippen molar-refractivity contribution in [1.82, 2.24) is 15.5 Å². The summed E-state index contributed by atoms with van der Waals surface area (Å²) >= 11 is 0. The van der Waals surface area contributed by atoms with E-state index in [0.29, 0.717) is 22.9 Å². The molecule has 0 aliphatic heterocycles. The number of fused-ring (bicyclic) bond motifs is 1. The van der Waals surface area contributed by atoms with Crippen molar-refractivity contribution in [3.05, 3.63) is 70.1 Å². The molecule has 3 aromatic rings. The monoisotopic (exact) mass is 364 g/mol. The largest absolute Gasteiger partial charge is 0.347 e. The molecule has 0 saturated heterocycles. The Morgan fingerprint density at radius 2 is 1.85 bits per heavy atom. The summed E-state index contributed by atoms with van der Waals surface area (Å²) in [4.78, 5) is 36.1. The maximum absolute atomic E-state index is 12.5. The first-order valence-electron chi connectivity index (χ1n) is 8.73. The van der Waals surface area contributed by atoms with E-state index in [4.69, 9.17) is 0 Å². The second-order valence-electron chi connectivity index (χ2n) is 6.13. The summed E-state index contributed by atoms with van der Waals surface area (Å²) in [7, 11) is 0. The third-order valence-electron chi connectivity index (χ3n) is 4.05. The number of hydrogen-bond donors (Lipinski definition) is 3. The summed E-state index contributed by atoms with van der Waals surface area (Å²) in [5, 5.41) is 12.8. The van der Waals surface area contributed by atoms with Crippen LogP contribution in [0, 0.1) is 0 Å². The number of nitrogens with one attached hydrogen (secondary N) is 3. The van der Waals surface area contributed by atoms with Crippen molar-refractivity contribution in [2.24, 2.45) is 0 Å². The number of benzene rings is 2. The van der Waals surface area contributed by atoms with Gasteiger partial charge in [-0.2, -0.15) is 5.10 Å². The van der Waals surface area contributed by atoms with E-state index in [1.54, 1.807) is 30.3 Å². The van der Waals surface area contributed by atoms with Gasteiger partial charge < -0.3 is 10.6 Å². The van der Waals surface area contributed by atoms with Crippen molar-refractivity contribution in [2.75, 3.05) is 5.32 Å². The van der Waals surface area contributed by atoms with Crippen LogP contribution in [-0.4, -0.2) is 22.0 Å². The molecule has 0 radical (unpaired) electrons. The summed E-state index contributed by atoms with van der Waals surface area (Å²) in [5.41, 5.74) is 1.36. The Balaban J connectivity index is 1.72. The van der Waals surface area contributed by atoms with E-state index in [0.717, 1.165) is 12.0 Å². The van der Waals surface area contributed by atoms with Gasteiger partial charge in [0.2, 0.25) is 5.91 Å². The number of carbonyl (C=O) groups excluding carboxylic acids is 2. The van der Waals surface area contributed by atoms with Gasteiger partial charge in [0.1, 0.15) is 0 Å². The Bertz CT molecular complexity index is 1040. The standard InChI is InChI=1S/C20H20N4O3/c1-2-6-17(25)22-14-8-5-7-13(11-14)12-21-20(27)18-15-9-3-4-10-16(15)19(26)24-23-18/h3-5,7-11H,2,6,12H2,1H3,(H,21,27)(H,22,25)(H,24,26). The third-order valence-corrected chi connectivity index (χ3v) is 4.05. The Labute approximate surface area is 155 Å². The molecule has 2 aromatic carbocycles. The SMILES string of the molecule is CCCC(=O)Nc1cccc(CNC(=O)c2n[nH]c(=O)c3ccccc23)c1. The highest BCUT2D eigenvalue weighted by molar-refractivity contribution is 6.04. The highest BCUT2D eigenvalue weighted by Crippen LogP contribution is 2.14. The fourth-order valence-electron chi connectivity index (χ4n) is 2.76. The molecule has 0 fully saturated rings. The number of rotatable bonds is 6. The van der Waals surface area contributed by atoms with Crippen LogP contribution in [0.3, 0.4) is 0 Å². The van der Waals surface area contributed by atoms with Gasteiger partial charge in [-0.1, -0.05) is 37.3 Å². The first kappa shape index (κ1) is 18.3. The minimum Gasteiger partial charge on any atom is -0.347 e. The van der Waals surface area contributed by atoms with Gasteiger partial charge in [-0.15, -0.1) is 0 Å². The molecule has 0 aliphatic carbocycles. The molecule has 2 amide bonds. The molecule has 0 spiro atoms. The number of hydrogen-bond acceptors (Lipinski definition) is 4. The second kappa shape index (κ2) is 8.27. The first-order chi connectivity index (χ1) is 13.1. The summed E-state index contributed by atoms with van der Waals surface area (Å²) in [5.74, 6) is -0.425. The Kier molecular flexibility index (Phi) is 5.61. The number of aromatic amines is 1. The van der Waals surface area contributed by atoms with Gasteiger partial charge in [-0.3, -0.25) is 14.4 Å². The van der Waals surface area contributed by atoms with E-state index >= 15 is 0 Å². The Morgan fingerprint density at radius 1 is 1.07 bits per heavy atom. The van der Waals surface area contributed by atoms with E-state index in [2.05, 4.69) is 20.8 Å². The summed E-state index contributed by atoms with van der Waals surface area (Å²) in [6, 6.07) is 14.1. The van der Waals surface area contributed by atoms with E-state index in [1.165, 1.54) is 0 Å². The van der Waals surface area contributed by atoms with Gasteiger partial charge >= 0.3 is 0 Å². The lowest BCUT2D eigenvalue weighted by molar-refractivity contribution is -0.116. The van der Waals surface area contributed by atoms with Crippen molar-refractivity contribution in [3.63, 3.8) is 0 Å². The zero-order chi connectivity index (χ0) is 19.2. The molecule has 1 aromatic heterocycles. The van der Waals surface area contributed by atoms with Crippen molar-refractivity contribution in [3.8, 4) is 0 Å². The number of nitrogens with zero attached hydrogens (tertiary/aromatic N) is 1. The molecule has 1 heterocycles. The van der Waals surface area contributed by atoms with Gasteiger partial charge in [0.15, 0.2) is 5.69 Å². The normalized spacial score (nSPS) is 10.6. The molecule has 7 heteroatoms. The zero-order valence-corrected chi connectivity index (χ0v) is 14.9. The summed E-state index contributed by atoms with van der Waals surface area (Å²) in [6.07, 6.45) is 1.24. The van der Waals surface area contributed by atoms with Crippen LogP contribution in [-0.2, 0) is 11.3 Å². The second-order valence-corrected chi connectivity index (χ2v) is 6.13. The molecule has 0 aliphatic rings. The lowest BCUT2D eigenvalue weighted by atomic mass is 10.1. The molecule has 138 valence electrons. The van der Waals surface area contributed by atoms with E-state index in [9.17, 15) is 14.4 Å². The van der Waals surface area contributed by atoms with Gasteiger partial charge in [0.25, 0.3) is 11.5 Å². The number of H-pyrrole nitrogens is 1. The summed E-state index contributed by atoms with van der Waals surface area (Å²) in [6.45, 7) is 2.21. The van der Waals surface area contributed by atoms with Gasteiger partial charge in [-0.05, 0) is 30.2 Å². The minimum absolute atomic E-state index is 0.0393. The van der Waals surface area contributed by atoms with Crippen molar-refractivity contribution in [2.45, 2.75) is 26.3 Å². The van der Waals surface area contributed by atoms with Crippen molar-refractivity contribution in [1.29, 1.82) is 0 Å². The van der Waals surface area contributed by atoms with Crippen LogP contribution in [0.5, 0.6) is 0 Å². The number of amides is 2. The lowest BCUT2D eigenvalue weighted by Crippen LogP contribution is -2.26. The van der Waals surface area contributed by atoms with Crippen LogP contribution in [0.1, 0.15) is 35.8 Å². The molecule has 0 bridgehead atoms. The predicted octanol–water partition coefficient (Wildman–Crippen LogP) is 2.59. The molecule has 7 nitrogen and oxygen atoms in total. The zero-order valence-electron chi connectivity index (χ0n) is 14.9. The van der Waals surface area contributed by atoms with E-state index in [1.807, 2.05) is 25.1 Å². The van der Waals surface area contributed by atoms with Crippen LogP contribution in [0.2, 0.25) is 0 Å². The average Bonchev–Trinajstić information content (AvgIpc) is 2.67. The molecule has 27 heavy (non-hydrogen) atoms. The highest BCUT2D eigenvalue weighted by Gasteiger charge is 2.13. The third kappa shape index (κ3) is 4.38. The predicted molar refractivity (Wildman–Crippen MR) is 104 cm³/mol. The maximum Gasteiger partial charge on any atom is 0.272 e. The first-order valence-corrected chi connectivity index (χ1v) is 8.73. The topological polar surface area (TPSA) is 104 Å². The Hall–Kier alpha value is -3.48. The fourth-order valence-corrected chi connectivity index (χ4v) is 2.76. The van der Waals surface area contributed by atoms with Crippen LogP contribution in [0.15, 0.2) is 53.3 Å². The molecular formula is C20H20N4O3. The number of anilines is 1. The van der Waals surface area contributed by atoms with Crippen molar-refractivity contribution >= 4 is 28.3 Å².